The molecule has 2 rings (SSSR count). The van der Waals surface area contributed by atoms with Crippen molar-refractivity contribution in [1.29, 1.82) is 0 Å². The SMILES string of the molecule is CCC(C(=O)[Se])N(C(=O)c1ccccc1)C(=[Se])c1ccccc1CC(C)=O. The van der Waals surface area contributed by atoms with Crippen LogP contribution in [0.5, 0.6) is 0 Å². The quantitative estimate of drug-likeness (QED) is 0.531. The molecule has 0 fully saturated rings. The minimum atomic E-state index is -0.639. The van der Waals surface area contributed by atoms with Gasteiger partial charge in [0.15, 0.2) is 0 Å². The van der Waals surface area contributed by atoms with Crippen LogP contribution in [0.1, 0.15) is 41.8 Å². The molecule has 0 bridgehead atoms. The molecular weight excluding hydrogens is 472 g/mol. The van der Waals surface area contributed by atoms with Crippen LogP contribution in [0.3, 0.4) is 0 Å². The van der Waals surface area contributed by atoms with E-state index in [2.05, 4.69) is 31.6 Å². The average molecular weight is 492 g/mol. The Bertz CT molecular complexity index is 865. The average Bonchev–Trinajstić information content (AvgIpc) is 2.65. The van der Waals surface area contributed by atoms with Crippen LogP contribution in [0.25, 0.3) is 0 Å². The summed E-state index contributed by atoms with van der Waals surface area (Å²) < 4.78 is 0.328. The van der Waals surface area contributed by atoms with E-state index in [1.54, 1.807) is 24.3 Å². The van der Waals surface area contributed by atoms with Gasteiger partial charge in [0.2, 0.25) is 0 Å². The first-order valence-corrected chi connectivity index (χ1v) is 10.3. The predicted molar refractivity (Wildman–Crippen MR) is 108 cm³/mol. The Balaban J connectivity index is 2.54. The van der Waals surface area contributed by atoms with Gasteiger partial charge in [0.25, 0.3) is 0 Å². The van der Waals surface area contributed by atoms with E-state index in [0.29, 0.717) is 16.5 Å². The molecule has 0 saturated heterocycles. The molecule has 139 valence electrons. The summed E-state index contributed by atoms with van der Waals surface area (Å²) in [6.07, 6.45) is 0.724. The van der Waals surface area contributed by atoms with Crippen LogP contribution in [0, 0.1) is 0 Å². The second-order valence-electron chi connectivity index (χ2n) is 6.13. The van der Waals surface area contributed by atoms with Gasteiger partial charge in [-0.25, -0.2) is 0 Å². The Hall–Kier alpha value is -1.84. The van der Waals surface area contributed by atoms with Gasteiger partial charge in [-0.15, -0.1) is 0 Å². The third kappa shape index (κ3) is 5.33. The molecule has 4 nitrogen and oxygen atoms in total. The number of Topliss-reactive ketones (excluding diaryl/α,β-unsaturated/α-hetero) is 1. The molecule has 1 atom stereocenters. The first-order chi connectivity index (χ1) is 12.9. The number of nitrogens with zero attached hydrogens (tertiary/aromatic N) is 1. The van der Waals surface area contributed by atoms with Crippen molar-refractivity contribution in [1.82, 2.24) is 4.90 Å². The maximum absolute atomic E-state index is 13.2. The number of benzene rings is 2. The fraction of sp³-hybridized carbons (Fsp3) is 0.238. The Labute approximate surface area is 175 Å². The van der Waals surface area contributed by atoms with Gasteiger partial charge in [0, 0.05) is 0 Å². The van der Waals surface area contributed by atoms with Gasteiger partial charge in [-0.1, -0.05) is 0 Å². The van der Waals surface area contributed by atoms with E-state index in [9.17, 15) is 14.4 Å². The molecule has 0 spiro atoms. The van der Waals surface area contributed by atoms with Crippen molar-refractivity contribution in [3.05, 3.63) is 71.3 Å². The Kier molecular flexibility index (Phi) is 7.88. The van der Waals surface area contributed by atoms with Gasteiger partial charge >= 0.3 is 176 Å². The molecule has 1 amide bonds. The zero-order chi connectivity index (χ0) is 20.0. The molecule has 27 heavy (non-hydrogen) atoms. The number of rotatable bonds is 8. The molecule has 2 aromatic rings. The van der Waals surface area contributed by atoms with Crippen LogP contribution in [0.4, 0.5) is 0 Å². The number of hydrogen-bond donors (Lipinski definition) is 0. The van der Waals surface area contributed by atoms with Crippen LogP contribution < -0.4 is 0 Å². The summed E-state index contributed by atoms with van der Waals surface area (Å²) in [6, 6.07) is 15.6. The van der Waals surface area contributed by atoms with Crippen LogP contribution >= 0.6 is 0 Å². The van der Waals surface area contributed by atoms with Gasteiger partial charge < -0.3 is 0 Å². The summed E-state index contributed by atoms with van der Waals surface area (Å²) in [5.74, 6) is -0.236. The van der Waals surface area contributed by atoms with Crippen molar-refractivity contribution < 1.29 is 14.4 Å². The topological polar surface area (TPSA) is 54.5 Å². The van der Waals surface area contributed by atoms with Crippen molar-refractivity contribution in [2.75, 3.05) is 0 Å². The van der Waals surface area contributed by atoms with Gasteiger partial charge in [-0.3, -0.25) is 0 Å². The molecule has 1 unspecified atom stereocenters. The number of carbonyl (C=O) groups is 3. The molecule has 0 aliphatic carbocycles. The van der Waals surface area contributed by atoms with E-state index in [1.165, 1.54) is 11.8 Å². The van der Waals surface area contributed by atoms with Crippen LogP contribution in [0.15, 0.2) is 54.6 Å². The van der Waals surface area contributed by atoms with Crippen LogP contribution in [0.2, 0.25) is 0 Å². The van der Waals surface area contributed by atoms with E-state index >= 15 is 0 Å². The molecule has 2 aromatic carbocycles. The van der Waals surface area contributed by atoms with Crippen LogP contribution in [-0.4, -0.2) is 63.4 Å². The van der Waals surface area contributed by atoms with E-state index in [-0.39, 0.29) is 22.8 Å². The van der Waals surface area contributed by atoms with Gasteiger partial charge in [-0.05, 0) is 0 Å². The van der Waals surface area contributed by atoms with E-state index < -0.39 is 6.04 Å². The zero-order valence-electron chi connectivity index (χ0n) is 15.2. The molecule has 0 aromatic heterocycles. The first-order valence-electron chi connectivity index (χ1n) is 8.58. The molecule has 6 heteroatoms. The van der Waals surface area contributed by atoms with Crippen molar-refractivity contribution >= 4 is 52.5 Å². The van der Waals surface area contributed by atoms with Gasteiger partial charge in [0.05, 0.1) is 0 Å². The number of ketones is 1. The minimum absolute atomic E-state index is 0.0307. The second kappa shape index (κ2) is 9.91. The predicted octanol–water partition coefficient (Wildman–Crippen LogP) is 2.08. The monoisotopic (exact) mass is 494 g/mol. The van der Waals surface area contributed by atoms with Crippen molar-refractivity contribution in [3.63, 3.8) is 0 Å². The number of amides is 1. The molecule has 0 N–H and O–H groups in total. The molecular formula is C21H20NO3Se2. The fourth-order valence-electron chi connectivity index (χ4n) is 2.83. The molecule has 0 aliphatic heterocycles. The number of carbonyl (C=O) groups excluding carboxylic acids is 3. The maximum atomic E-state index is 13.2. The molecule has 0 saturated carbocycles. The summed E-state index contributed by atoms with van der Waals surface area (Å²) in [6.45, 7) is 3.39. The molecule has 0 aliphatic rings. The standard InChI is InChI=1S/C21H20NO3Se2/c1-3-18(21(25)27)22(19(24)15-9-5-4-6-10-15)20(26)17-12-8-7-11-16(17)13-14(2)23/h4-12,18H,3,13H2,1-2H3. The van der Waals surface area contributed by atoms with Crippen molar-refractivity contribution in [2.45, 2.75) is 32.7 Å². The summed E-state index contributed by atoms with van der Waals surface area (Å²) in [5.41, 5.74) is 2.05. The molecule has 0 heterocycles. The third-order valence-corrected chi connectivity index (χ3v) is 5.56. The summed E-state index contributed by atoms with van der Waals surface area (Å²) in [7, 11) is 0. The van der Waals surface area contributed by atoms with Gasteiger partial charge in [-0.2, -0.15) is 0 Å². The Morgan fingerprint density at radius 2 is 1.59 bits per heavy atom. The summed E-state index contributed by atoms with van der Waals surface area (Å²) >= 11 is 5.49. The first kappa shape index (κ1) is 21.5. The normalized spacial score (nSPS) is 11.5. The fourth-order valence-corrected chi connectivity index (χ4v) is 4.26. The number of hydrogen-bond acceptors (Lipinski definition) is 3. The van der Waals surface area contributed by atoms with Crippen LogP contribution in [-0.2, 0) is 16.0 Å². The summed E-state index contributed by atoms with van der Waals surface area (Å²) in [5, 5.41) is 0. The second-order valence-corrected chi connectivity index (χ2v) is 7.78. The third-order valence-electron chi connectivity index (χ3n) is 4.12. The van der Waals surface area contributed by atoms with E-state index in [1.807, 2.05) is 37.3 Å². The Morgan fingerprint density at radius 1 is 1.00 bits per heavy atom. The van der Waals surface area contributed by atoms with E-state index in [4.69, 9.17) is 0 Å². The Morgan fingerprint density at radius 3 is 2.15 bits per heavy atom. The summed E-state index contributed by atoms with van der Waals surface area (Å²) in [4.78, 5) is 38.6. The molecule has 1 radical (unpaired) electrons. The van der Waals surface area contributed by atoms with Crippen molar-refractivity contribution in [2.24, 2.45) is 0 Å². The van der Waals surface area contributed by atoms with Crippen molar-refractivity contribution in [3.8, 4) is 0 Å². The van der Waals surface area contributed by atoms with E-state index in [0.717, 1.165) is 11.1 Å². The van der Waals surface area contributed by atoms with Gasteiger partial charge in [0.1, 0.15) is 0 Å². The zero-order valence-corrected chi connectivity index (χ0v) is 18.6.